The van der Waals surface area contributed by atoms with Crippen LogP contribution in [0.2, 0.25) is 0 Å². The molecule has 1 amide bonds. The topological polar surface area (TPSA) is 75.0 Å². The average Bonchev–Trinajstić information content (AvgIpc) is 3.48. The number of carbonyl (C=O) groups is 1. The van der Waals surface area contributed by atoms with Crippen LogP contribution in [-0.2, 0) is 17.9 Å². The maximum absolute atomic E-state index is 14.3. The van der Waals surface area contributed by atoms with E-state index >= 15 is 0 Å². The lowest BCUT2D eigenvalue weighted by Crippen LogP contribution is -2.54. The molecule has 0 atom stereocenters. The molecule has 0 spiro atoms. The van der Waals surface area contributed by atoms with Gasteiger partial charge in [0.1, 0.15) is 17.2 Å². The molecule has 2 aliphatic heterocycles. The third-order valence-electron chi connectivity index (χ3n) is 9.01. The van der Waals surface area contributed by atoms with E-state index in [1.54, 1.807) is 11.9 Å². The lowest BCUT2D eigenvalue weighted by molar-refractivity contribution is -0.123. The Morgan fingerprint density at radius 1 is 0.735 bits per heavy atom. The first-order chi connectivity index (χ1) is 23.8. The summed E-state index contributed by atoms with van der Waals surface area (Å²) in [5.41, 5.74) is 7.44. The number of benzene rings is 5. The molecule has 5 aromatic carbocycles. The predicted octanol–water partition coefficient (Wildman–Crippen LogP) is 7.93. The lowest BCUT2D eigenvalue weighted by atomic mass is 10.0. The Hall–Kier alpha value is -5.95. The van der Waals surface area contributed by atoms with Gasteiger partial charge in [-0.05, 0) is 59.4 Å². The fraction of sp³-hybridized carbons (Fsp3) is 0.167. The van der Waals surface area contributed by atoms with Gasteiger partial charge in [-0.25, -0.2) is 4.99 Å². The second-order valence-corrected chi connectivity index (χ2v) is 13.1. The van der Waals surface area contributed by atoms with E-state index in [4.69, 9.17) is 4.99 Å². The molecule has 49 heavy (non-hydrogen) atoms. The molecule has 0 aliphatic carbocycles. The van der Waals surface area contributed by atoms with Crippen LogP contribution < -0.4 is 10.2 Å². The number of likely N-dealkylation sites (N-methyl/N-ethyl adjacent to an activating group) is 1. The zero-order valence-corrected chi connectivity index (χ0v) is 28.1. The quantitative estimate of drug-likeness (QED) is 0.126. The van der Waals surface area contributed by atoms with E-state index in [0.29, 0.717) is 37.0 Å². The number of nitrogens with one attached hydrogen (secondary N) is 2. The molecule has 5 aromatic rings. The number of rotatable bonds is 9. The summed E-state index contributed by atoms with van der Waals surface area (Å²) in [6.07, 6.45) is 0. The van der Waals surface area contributed by atoms with Gasteiger partial charge in [-0.15, -0.1) is 0 Å². The highest BCUT2D eigenvalue weighted by molar-refractivity contribution is 6.29. The van der Waals surface area contributed by atoms with Crippen LogP contribution >= 0.6 is 0 Å². The number of aliphatic imine (C=N–C) groups is 1. The highest BCUT2D eigenvalue weighted by Crippen LogP contribution is 2.32. The summed E-state index contributed by atoms with van der Waals surface area (Å²) in [5.74, 6) is 1.06. The minimum atomic E-state index is -0.397. The Bertz CT molecular complexity index is 2020. The summed E-state index contributed by atoms with van der Waals surface area (Å²) >= 11 is 0. The number of nitrogens with zero attached hydrogens (tertiary/aromatic N) is 4. The van der Waals surface area contributed by atoms with Crippen molar-refractivity contribution in [3.05, 3.63) is 162 Å². The van der Waals surface area contributed by atoms with Gasteiger partial charge in [0, 0.05) is 25.8 Å². The lowest BCUT2D eigenvalue weighted by Gasteiger charge is -2.38. The van der Waals surface area contributed by atoms with Gasteiger partial charge in [-0.2, -0.15) is 0 Å². The normalized spacial score (nSPS) is 15.2. The minimum Gasteiger partial charge on any atom is -0.367 e. The standard InChI is InChI=1S/C42H40N6O/c1-42(2)29-48-39(44-27-30-19-23-34(24-20-30)32-13-7-4-8-14-32)37(40(49)46(3)41(48)45-42)38(43)47(36-17-11-6-12-18-36)28-31-21-25-35(26-22-31)33-15-9-5-10-16-33/h4-26,43-44H,27-29H2,1-3H3. The maximum Gasteiger partial charge on any atom is 0.267 e. The molecular weight excluding hydrogens is 605 g/mol. The van der Waals surface area contributed by atoms with E-state index in [-0.39, 0.29) is 11.7 Å². The van der Waals surface area contributed by atoms with Crippen molar-refractivity contribution >= 4 is 23.4 Å². The molecule has 0 fully saturated rings. The molecule has 0 unspecified atom stereocenters. The zero-order valence-electron chi connectivity index (χ0n) is 28.1. The van der Waals surface area contributed by atoms with Crippen molar-refractivity contribution in [2.45, 2.75) is 32.5 Å². The fourth-order valence-corrected chi connectivity index (χ4v) is 6.44. The molecule has 0 radical (unpaired) electrons. The number of para-hydroxylation sites is 1. The van der Waals surface area contributed by atoms with Crippen LogP contribution in [0.5, 0.6) is 0 Å². The molecular formula is C42H40N6O. The van der Waals surface area contributed by atoms with E-state index in [2.05, 4.69) is 96.9 Å². The Morgan fingerprint density at radius 3 is 1.78 bits per heavy atom. The van der Waals surface area contributed by atoms with E-state index in [1.807, 2.05) is 71.6 Å². The number of carbonyl (C=O) groups excluding carboxylic acids is 1. The van der Waals surface area contributed by atoms with Gasteiger partial charge in [-0.3, -0.25) is 20.0 Å². The highest BCUT2D eigenvalue weighted by Gasteiger charge is 2.44. The van der Waals surface area contributed by atoms with Crippen LogP contribution in [0, 0.1) is 5.41 Å². The molecule has 7 rings (SSSR count). The Labute approximate surface area is 288 Å². The van der Waals surface area contributed by atoms with Gasteiger partial charge >= 0.3 is 0 Å². The molecule has 2 heterocycles. The number of amides is 1. The first-order valence-electron chi connectivity index (χ1n) is 16.6. The molecule has 244 valence electrons. The summed E-state index contributed by atoms with van der Waals surface area (Å²) in [6.45, 7) is 5.61. The van der Waals surface area contributed by atoms with E-state index in [0.717, 1.165) is 39.1 Å². The van der Waals surface area contributed by atoms with Crippen molar-refractivity contribution in [3.63, 3.8) is 0 Å². The van der Waals surface area contributed by atoms with Crippen molar-refractivity contribution < 1.29 is 4.79 Å². The summed E-state index contributed by atoms with van der Waals surface area (Å²) in [7, 11) is 1.75. The number of hydrogen-bond donors (Lipinski definition) is 2. The smallest absolute Gasteiger partial charge is 0.267 e. The zero-order chi connectivity index (χ0) is 34.0. The van der Waals surface area contributed by atoms with Crippen molar-refractivity contribution in [2.24, 2.45) is 4.99 Å². The van der Waals surface area contributed by atoms with Gasteiger partial charge in [0.15, 0.2) is 0 Å². The minimum absolute atomic E-state index is 0.126. The molecule has 0 saturated carbocycles. The number of hydrogen-bond acceptors (Lipinski definition) is 5. The van der Waals surface area contributed by atoms with E-state index < -0.39 is 5.54 Å². The molecule has 0 aromatic heterocycles. The summed E-state index contributed by atoms with van der Waals surface area (Å²) in [5, 5.41) is 13.3. The predicted molar refractivity (Wildman–Crippen MR) is 199 cm³/mol. The van der Waals surface area contributed by atoms with E-state index in [9.17, 15) is 10.2 Å². The maximum atomic E-state index is 14.3. The summed E-state index contributed by atoms with van der Waals surface area (Å²) < 4.78 is 0. The number of anilines is 1. The fourth-order valence-electron chi connectivity index (χ4n) is 6.44. The molecule has 2 N–H and O–H groups in total. The van der Waals surface area contributed by atoms with Crippen LogP contribution in [-0.4, -0.2) is 46.6 Å². The average molecular weight is 645 g/mol. The Morgan fingerprint density at radius 2 is 1.22 bits per heavy atom. The van der Waals surface area contributed by atoms with Gasteiger partial charge in [0.25, 0.3) is 5.91 Å². The SMILES string of the molecule is CN1C(=O)C(C(=N)N(Cc2ccc(-c3ccccc3)cc2)c2ccccc2)=C(NCc2ccc(-c3ccccc3)cc2)N2CC(C)(C)N=C12. The summed E-state index contributed by atoms with van der Waals surface area (Å²) in [6, 6.07) is 47.3. The third kappa shape index (κ3) is 6.61. The van der Waals surface area contributed by atoms with Crippen LogP contribution in [0.4, 0.5) is 5.69 Å². The largest absolute Gasteiger partial charge is 0.367 e. The first kappa shape index (κ1) is 31.6. The Balaban J connectivity index is 1.24. The van der Waals surface area contributed by atoms with Crippen molar-refractivity contribution in [1.29, 1.82) is 5.41 Å². The third-order valence-corrected chi connectivity index (χ3v) is 9.01. The van der Waals surface area contributed by atoms with E-state index in [1.165, 1.54) is 0 Å². The molecule has 7 nitrogen and oxygen atoms in total. The number of guanidine groups is 1. The Kier molecular flexibility index (Phi) is 8.57. The molecule has 0 saturated heterocycles. The van der Waals surface area contributed by atoms with Crippen LogP contribution in [0.25, 0.3) is 22.3 Å². The number of fused-ring (bicyclic) bond motifs is 1. The van der Waals surface area contributed by atoms with Crippen LogP contribution in [0.1, 0.15) is 25.0 Å². The van der Waals surface area contributed by atoms with Crippen LogP contribution in [0.3, 0.4) is 0 Å². The highest BCUT2D eigenvalue weighted by atomic mass is 16.2. The molecule has 2 aliphatic rings. The molecule has 7 heteroatoms. The van der Waals surface area contributed by atoms with Crippen molar-refractivity contribution in [2.75, 3.05) is 18.5 Å². The second kappa shape index (κ2) is 13.3. The van der Waals surface area contributed by atoms with Gasteiger partial charge in [0.2, 0.25) is 5.96 Å². The number of amidine groups is 1. The monoisotopic (exact) mass is 644 g/mol. The van der Waals surface area contributed by atoms with Gasteiger partial charge in [0.05, 0.1) is 12.1 Å². The van der Waals surface area contributed by atoms with Gasteiger partial charge < -0.3 is 10.2 Å². The molecule has 0 bridgehead atoms. The van der Waals surface area contributed by atoms with Crippen molar-refractivity contribution in [3.8, 4) is 22.3 Å². The van der Waals surface area contributed by atoms with Gasteiger partial charge in [-0.1, -0.05) is 127 Å². The first-order valence-corrected chi connectivity index (χ1v) is 16.6. The van der Waals surface area contributed by atoms with Crippen LogP contribution in [0.15, 0.2) is 156 Å². The van der Waals surface area contributed by atoms with Crippen molar-refractivity contribution in [1.82, 2.24) is 15.1 Å². The second-order valence-electron chi connectivity index (χ2n) is 13.1. The summed E-state index contributed by atoms with van der Waals surface area (Å²) in [4.78, 5) is 24.7.